The average molecular weight is 803 g/mol. The van der Waals surface area contributed by atoms with Gasteiger partial charge in [0.1, 0.15) is 31.0 Å². The van der Waals surface area contributed by atoms with Gasteiger partial charge >= 0.3 is 11.9 Å². The van der Waals surface area contributed by atoms with Crippen molar-refractivity contribution in [3.05, 3.63) is 72.9 Å². The Balaban J connectivity index is 2.41. The van der Waals surface area contributed by atoms with Crippen molar-refractivity contribution in [3.8, 4) is 0 Å². The number of rotatable bonds is 35. The number of unbranched alkanes of at least 4 members (excludes halogenated alkanes) is 13. The van der Waals surface area contributed by atoms with Crippen molar-refractivity contribution in [1.29, 1.82) is 0 Å². The highest BCUT2D eigenvalue weighted by molar-refractivity contribution is 5.70. The van der Waals surface area contributed by atoms with Crippen LogP contribution >= 0.6 is 0 Å². The Labute approximate surface area is 344 Å². The first-order valence-corrected chi connectivity index (χ1v) is 22.0. The van der Waals surface area contributed by atoms with Gasteiger partial charge in [0, 0.05) is 12.8 Å². The predicted octanol–water partition coefficient (Wildman–Crippen LogP) is 9.22. The molecule has 2 unspecified atom stereocenters. The van der Waals surface area contributed by atoms with Crippen molar-refractivity contribution >= 4 is 11.9 Å². The van der Waals surface area contributed by atoms with Gasteiger partial charge in [0.05, 0.1) is 13.2 Å². The molecule has 0 aromatic heterocycles. The fourth-order valence-corrected chi connectivity index (χ4v) is 6.05. The number of allylic oxidation sites excluding steroid dienone is 12. The van der Waals surface area contributed by atoms with Gasteiger partial charge in [0.2, 0.25) is 0 Å². The summed E-state index contributed by atoms with van der Waals surface area (Å²) in [6, 6.07) is 0. The van der Waals surface area contributed by atoms with Crippen LogP contribution in [0.4, 0.5) is 0 Å². The smallest absolute Gasteiger partial charge is 0.306 e. The average Bonchev–Trinajstić information content (AvgIpc) is 3.21. The zero-order valence-corrected chi connectivity index (χ0v) is 35.3. The summed E-state index contributed by atoms with van der Waals surface area (Å²) in [5, 5.41) is 40.0. The third-order valence-electron chi connectivity index (χ3n) is 9.59. The van der Waals surface area contributed by atoms with E-state index in [1.807, 2.05) is 6.08 Å². The molecule has 1 aliphatic heterocycles. The molecule has 1 heterocycles. The van der Waals surface area contributed by atoms with Crippen LogP contribution in [-0.2, 0) is 28.5 Å². The zero-order valence-electron chi connectivity index (χ0n) is 35.3. The summed E-state index contributed by atoms with van der Waals surface area (Å²) in [6.07, 6.45) is 39.1. The van der Waals surface area contributed by atoms with Crippen LogP contribution < -0.4 is 0 Å². The van der Waals surface area contributed by atoms with E-state index in [2.05, 4.69) is 80.7 Å². The lowest BCUT2D eigenvalue weighted by atomic mass is 9.99. The van der Waals surface area contributed by atoms with E-state index in [-0.39, 0.29) is 26.1 Å². The van der Waals surface area contributed by atoms with E-state index in [9.17, 15) is 30.0 Å². The molecule has 1 fully saturated rings. The van der Waals surface area contributed by atoms with Crippen LogP contribution in [0, 0.1) is 0 Å². The lowest BCUT2D eigenvalue weighted by Crippen LogP contribution is -2.59. The van der Waals surface area contributed by atoms with Crippen molar-refractivity contribution < 1.29 is 49.0 Å². The Bertz CT molecular complexity index is 1160. The molecular formula is C47H78O10. The zero-order chi connectivity index (χ0) is 41.6. The molecule has 10 nitrogen and oxygen atoms in total. The van der Waals surface area contributed by atoms with Gasteiger partial charge in [-0.2, -0.15) is 0 Å². The molecule has 1 aliphatic rings. The lowest BCUT2D eigenvalue weighted by Gasteiger charge is -2.39. The molecule has 6 atom stereocenters. The summed E-state index contributed by atoms with van der Waals surface area (Å²) in [7, 11) is 0. The van der Waals surface area contributed by atoms with Crippen LogP contribution in [0.3, 0.4) is 0 Å². The SMILES string of the molecule is CCCCC/C=C/C/C=C/C/C=C/C/C=C/CCCC(=O)OC[C@@H](CO[C@H]1O[C@@H](CO)[C@@H](O)C(O)C1O)OC(=O)CCCCCCC/C=C/C=C/CCCCCC. The highest BCUT2D eigenvalue weighted by Gasteiger charge is 2.44. The first-order chi connectivity index (χ1) is 27.8. The largest absolute Gasteiger partial charge is 0.462 e. The molecule has 326 valence electrons. The quantitative estimate of drug-likeness (QED) is 0.0211. The van der Waals surface area contributed by atoms with E-state index in [1.165, 1.54) is 44.9 Å². The Morgan fingerprint density at radius 2 is 1.05 bits per heavy atom. The molecule has 57 heavy (non-hydrogen) atoms. The van der Waals surface area contributed by atoms with Crippen LogP contribution in [-0.4, -0.2) is 89.0 Å². The minimum absolute atomic E-state index is 0.192. The number of hydrogen-bond acceptors (Lipinski definition) is 10. The maximum absolute atomic E-state index is 12.7. The number of esters is 2. The Hall–Kier alpha value is -2.86. The fourth-order valence-electron chi connectivity index (χ4n) is 6.05. The number of ether oxygens (including phenoxy) is 4. The summed E-state index contributed by atoms with van der Waals surface area (Å²) in [5.41, 5.74) is 0. The molecule has 4 N–H and O–H groups in total. The van der Waals surface area contributed by atoms with Crippen LogP contribution in [0.25, 0.3) is 0 Å². The minimum atomic E-state index is -1.61. The summed E-state index contributed by atoms with van der Waals surface area (Å²) in [5.74, 6) is -0.897. The van der Waals surface area contributed by atoms with Gasteiger partial charge in [0.15, 0.2) is 12.4 Å². The van der Waals surface area contributed by atoms with Crippen molar-refractivity contribution in [2.45, 2.75) is 192 Å². The number of aliphatic hydroxyl groups is 4. The Kier molecular flexibility index (Phi) is 34.2. The molecule has 0 bridgehead atoms. The molecule has 0 spiro atoms. The third kappa shape index (κ3) is 29.1. The van der Waals surface area contributed by atoms with Crippen molar-refractivity contribution in [1.82, 2.24) is 0 Å². The van der Waals surface area contributed by atoms with E-state index >= 15 is 0 Å². The van der Waals surface area contributed by atoms with Gasteiger partial charge in [-0.1, -0.05) is 138 Å². The summed E-state index contributed by atoms with van der Waals surface area (Å²) in [6.45, 7) is 3.28. The van der Waals surface area contributed by atoms with Crippen LogP contribution in [0.1, 0.15) is 155 Å². The second-order valence-corrected chi connectivity index (χ2v) is 14.8. The van der Waals surface area contributed by atoms with Crippen molar-refractivity contribution in [2.75, 3.05) is 19.8 Å². The van der Waals surface area contributed by atoms with Crippen LogP contribution in [0.2, 0.25) is 0 Å². The van der Waals surface area contributed by atoms with Gasteiger partial charge < -0.3 is 39.4 Å². The predicted molar refractivity (Wildman–Crippen MR) is 228 cm³/mol. The highest BCUT2D eigenvalue weighted by Crippen LogP contribution is 2.22. The van der Waals surface area contributed by atoms with E-state index in [0.717, 1.165) is 70.6 Å². The second kappa shape index (κ2) is 37.4. The van der Waals surface area contributed by atoms with Gasteiger partial charge in [-0.15, -0.1) is 0 Å². The Morgan fingerprint density at radius 3 is 1.67 bits per heavy atom. The van der Waals surface area contributed by atoms with Gasteiger partial charge in [-0.3, -0.25) is 9.59 Å². The number of carbonyl (C=O) groups excluding carboxylic acids is 2. The minimum Gasteiger partial charge on any atom is -0.462 e. The molecule has 0 saturated carbocycles. The topological polar surface area (TPSA) is 152 Å². The van der Waals surface area contributed by atoms with Crippen molar-refractivity contribution in [3.63, 3.8) is 0 Å². The monoisotopic (exact) mass is 803 g/mol. The fraction of sp³-hybridized carbons (Fsp3) is 0.702. The maximum atomic E-state index is 12.7. The van der Waals surface area contributed by atoms with Gasteiger partial charge in [-0.05, 0) is 77.0 Å². The number of hydrogen-bond donors (Lipinski definition) is 4. The van der Waals surface area contributed by atoms with Crippen molar-refractivity contribution in [2.24, 2.45) is 0 Å². The van der Waals surface area contributed by atoms with Gasteiger partial charge in [-0.25, -0.2) is 0 Å². The molecule has 0 aliphatic carbocycles. The van der Waals surface area contributed by atoms with Crippen LogP contribution in [0.5, 0.6) is 0 Å². The molecule has 0 radical (unpaired) electrons. The molecule has 0 aromatic carbocycles. The molecule has 1 rings (SSSR count). The summed E-state index contributed by atoms with van der Waals surface area (Å²) >= 11 is 0. The summed E-state index contributed by atoms with van der Waals surface area (Å²) in [4.78, 5) is 25.3. The second-order valence-electron chi connectivity index (χ2n) is 14.8. The number of aliphatic hydroxyl groups excluding tert-OH is 4. The van der Waals surface area contributed by atoms with E-state index < -0.39 is 55.4 Å². The highest BCUT2D eigenvalue weighted by atomic mass is 16.7. The summed E-state index contributed by atoms with van der Waals surface area (Å²) < 4.78 is 22.1. The molecular weight excluding hydrogens is 725 g/mol. The third-order valence-corrected chi connectivity index (χ3v) is 9.59. The molecule has 1 saturated heterocycles. The van der Waals surface area contributed by atoms with Gasteiger partial charge in [0.25, 0.3) is 0 Å². The first-order valence-electron chi connectivity index (χ1n) is 22.0. The number of carbonyl (C=O) groups is 2. The van der Waals surface area contributed by atoms with E-state index in [4.69, 9.17) is 18.9 Å². The normalized spacial score (nSPS) is 21.0. The molecule has 0 aromatic rings. The molecule has 0 amide bonds. The van der Waals surface area contributed by atoms with Crippen LogP contribution in [0.15, 0.2) is 72.9 Å². The van der Waals surface area contributed by atoms with E-state index in [1.54, 1.807) is 0 Å². The van der Waals surface area contributed by atoms with E-state index in [0.29, 0.717) is 12.8 Å². The first kappa shape index (κ1) is 52.2. The lowest BCUT2D eigenvalue weighted by molar-refractivity contribution is -0.305. The Morgan fingerprint density at radius 1 is 0.561 bits per heavy atom. The molecule has 10 heteroatoms. The maximum Gasteiger partial charge on any atom is 0.306 e. The standard InChI is InChI=1S/C47H78O10/c1-3-5-7-9-11-13-15-17-19-20-22-23-25-27-29-31-33-35-42(49)54-38-40(39-55-47-46(53)45(52)44(51)41(37-48)57-47)56-43(50)36-34-32-30-28-26-24-21-18-16-14-12-10-8-6-4-2/h11,13-14,16-19,21-23,27,29,40-41,44-48,51-53H,3-10,12,15,20,24-26,28,30-39H2,1-2H3/b13-11+,16-14+,19-17+,21-18+,23-22+,29-27+/t40-,41-,44+,45?,46?,47-/m0/s1.